The first-order valence-electron chi connectivity index (χ1n) is 10.2. The van der Waals surface area contributed by atoms with Crippen LogP contribution in [0.4, 0.5) is 10.3 Å². The molecule has 1 amide bonds. The largest absolute Gasteiger partial charge is 0.342 e. The summed E-state index contributed by atoms with van der Waals surface area (Å²) < 4.78 is 15.7. The quantitative estimate of drug-likeness (QED) is 0.562. The van der Waals surface area contributed by atoms with Gasteiger partial charge in [-0.3, -0.25) is 19.1 Å². The molecule has 0 unspecified atom stereocenters. The zero-order chi connectivity index (χ0) is 22.6. The summed E-state index contributed by atoms with van der Waals surface area (Å²) in [5.74, 6) is 0.417. The molecule has 32 heavy (non-hydrogen) atoms. The molecule has 164 valence electrons. The number of carbonyl (C=O) groups is 1. The first kappa shape index (κ1) is 20.6. The van der Waals surface area contributed by atoms with E-state index in [9.17, 15) is 14.0 Å². The lowest BCUT2D eigenvalue weighted by molar-refractivity contribution is 0.0772. The Labute approximate surface area is 188 Å². The number of hydrogen-bond acceptors (Lipinski definition) is 6. The van der Waals surface area contributed by atoms with Crippen molar-refractivity contribution < 1.29 is 9.18 Å². The van der Waals surface area contributed by atoms with Gasteiger partial charge in [-0.1, -0.05) is 11.6 Å². The molecule has 0 spiro atoms. The molecule has 10 heteroatoms. The van der Waals surface area contributed by atoms with Gasteiger partial charge in [0.2, 0.25) is 5.95 Å². The van der Waals surface area contributed by atoms with Gasteiger partial charge in [0, 0.05) is 74.6 Å². The van der Waals surface area contributed by atoms with Crippen molar-refractivity contribution in [1.29, 1.82) is 0 Å². The van der Waals surface area contributed by atoms with Gasteiger partial charge in [0.1, 0.15) is 5.15 Å². The van der Waals surface area contributed by atoms with E-state index in [0.717, 1.165) is 6.20 Å². The molecule has 2 aliphatic rings. The minimum atomic E-state index is -0.532. The second-order valence-electron chi connectivity index (χ2n) is 8.20. The van der Waals surface area contributed by atoms with Crippen LogP contribution in [0.3, 0.4) is 0 Å². The van der Waals surface area contributed by atoms with Crippen LogP contribution in [0.1, 0.15) is 10.4 Å². The van der Waals surface area contributed by atoms with E-state index >= 15 is 0 Å². The maximum absolute atomic E-state index is 14.2. The fourth-order valence-electron chi connectivity index (χ4n) is 4.65. The molecule has 1 aliphatic heterocycles. The molecule has 1 aliphatic carbocycles. The summed E-state index contributed by atoms with van der Waals surface area (Å²) in [6.07, 6.45) is 4.09. The lowest BCUT2D eigenvalue weighted by Gasteiger charge is -2.26. The average molecular weight is 455 g/mol. The van der Waals surface area contributed by atoms with Gasteiger partial charge >= 0.3 is 0 Å². The average Bonchev–Trinajstić information content (AvgIpc) is 3.28. The van der Waals surface area contributed by atoms with Crippen LogP contribution in [0.2, 0.25) is 5.15 Å². The van der Waals surface area contributed by atoms with E-state index in [1.807, 2.05) is 16.8 Å². The van der Waals surface area contributed by atoms with Crippen molar-refractivity contribution in [3.8, 4) is 11.3 Å². The van der Waals surface area contributed by atoms with Gasteiger partial charge < -0.3 is 9.80 Å². The maximum atomic E-state index is 14.2. The number of nitrogens with zero attached hydrogens (tertiary/aromatic N) is 6. The highest BCUT2D eigenvalue weighted by Gasteiger charge is 2.59. The van der Waals surface area contributed by atoms with E-state index in [1.54, 1.807) is 19.2 Å². The van der Waals surface area contributed by atoms with Gasteiger partial charge in [-0.15, -0.1) is 0 Å². The van der Waals surface area contributed by atoms with Crippen LogP contribution in [0.15, 0.2) is 47.7 Å². The molecule has 4 heterocycles. The standard InChI is InChI=1S/C22H20ClFN6O2/c1-28-19(31)8-17(13-4-5-25-9-16(13)24)27-22(28)29(2)20-14-10-30(11-15(14)20)21(32)12-3-6-26-18(23)7-12/h3-9,14-15,20H,10-11H2,1-2H3/t14-,15+,20+. The van der Waals surface area contributed by atoms with Gasteiger partial charge in [-0.2, -0.15) is 0 Å². The van der Waals surface area contributed by atoms with Gasteiger partial charge in [0.25, 0.3) is 11.5 Å². The summed E-state index contributed by atoms with van der Waals surface area (Å²) in [5, 5.41) is 0.287. The third-order valence-corrected chi connectivity index (χ3v) is 6.54. The van der Waals surface area contributed by atoms with E-state index in [-0.39, 0.29) is 45.8 Å². The summed E-state index contributed by atoms with van der Waals surface area (Å²) in [6.45, 7) is 1.23. The topological polar surface area (TPSA) is 84.2 Å². The van der Waals surface area contributed by atoms with E-state index in [2.05, 4.69) is 15.0 Å². The van der Waals surface area contributed by atoms with E-state index in [4.69, 9.17) is 11.6 Å². The first-order valence-corrected chi connectivity index (χ1v) is 10.5. The Morgan fingerprint density at radius 1 is 1.22 bits per heavy atom. The van der Waals surface area contributed by atoms with Gasteiger partial charge in [0.15, 0.2) is 5.82 Å². The number of hydrogen-bond donors (Lipinski definition) is 0. The Hall–Kier alpha value is -3.33. The third kappa shape index (κ3) is 3.42. The number of likely N-dealkylation sites (tertiary alicyclic amines) is 1. The van der Waals surface area contributed by atoms with Crippen molar-refractivity contribution >= 4 is 23.5 Å². The smallest absolute Gasteiger partial charge is 0.255 e. The van der Waals surface area contributed by atoms with E-state index in [0.29, 0.717) is 24.6 Å². The second-order valence-corrected chi connectivity index (χ2v) is 8.59. The summed E-state index contributed by atoms with van der Waals surface area (Å²) in [6, 6.07) is 6.20. The fraction of sp³-hybridized carbons (Fsp3) is 0.318. The van der Waals surface area contributed by atoms with Crippen LogP contribution in [-0.2, 0) is 7.05 Å². The zero-order valence-electron chi connectivity index (χ0n) is 17.4. The van der Waals surface area contributed by atoms with Crippen LogP contribution in [0.5, 0.6) is 0 Å². The predicted octanol–water partition coefficient (Wildman–Crippen LogP) is 2.24. The van der Waals surface area contributed by atoms with Crippen molar-refractivity contribution in [1.82, 2.24) is 24.4 Å². The number of anilines is 1. The van der Waals surface area contributed by atoms with Crippen molar-refractivity contribution in [2.75, 3.05) is 25.0 Å². The second kappa shape index (κ2) is 7.67. The van der Waals surface area contributed by atoms with Crippen LogP contribution in [0.25, 0.3) is 11.3 Å². The molecule has 0 radical (unpaired) electrons. The molecular formula is C22H20ClFN6O2. The summed E-state index contributed by atoms with van der Waals surface area (Å²) >= 11 is 5.91. The van der Waals surface area contributed by atoms with Gasteiger partial charge in [-0.05, 0) is 18.2 Å². The molecule has 3 aromatic rings. The van der Waals surface area contributed by atoms with Crippen LogP contribution < -0.4 is 10.5 Å². The normalized spacial score (nSPS) is 21.4. The van der Waals surface area contributed by atoms with Crippen molar-refractivity contribution in [2.24, 2.45) is 18.9 Å². The molecule has 3 aromatic heterocycles. The van der Waals surface area contributed by atoms with E-state index in [1.165, 1.54) is 29.1 Å². The Bertz CT molecular complexity index is 1270. The SMILES string of the molecule is CN(c1nc(-c2ccncc2F)cc(=O)n1C)[C@H]1[C@@H]2CN(C(=O)c3ccnc(Cl)c3)C[C@@H]21. The third-order valence-electron chi connectivity index (χ3n) is 6.33. The summed E-state index contributed by atoms with van der Waals surface area (Å²) in [7, 11) is 3.53. The Balaban J connectivity index is 1.35. The maximum Gasteiger partial charge on any atom is 0.255 e. The van der Waals surface area contributed by atoms with Crippen molar-refractivity contribution in [3.63, 3.8) is 0 Å². The molecule has 2 fully saturated rings. The molecule has 0 bridgehead atoms. The lowest BCUT2D eigenvalue weighted by atomic mass is 10.2. The highest BCUT2D eigenvalue weighted by molar-refractivity contribution is 6.29. The fourth-order valence-corrected chi connectivity index (χ4v) is 4.82. The van der Waals surface area contributed by atoms with Crippen molar-refractivity contribution in [3.05, 3.63) is 69.7 Å². The van der Waals surface area contributed by atoms with Crippen LogP contribution >= 0.6 is 11.6 Å². The summed E-state index contributed by atoms with van der Waals surface area (Å²) in [5.41, 5.74) is 0.751. The molecule has 0 aromatic carbocycles. The minimum Gasteiger partial charge on any atom is -0.342 e. The van der Waals surface area contributed by atoms with Gasteiger partial charge in [-0.25, -0.2) is 14.4 Å². The molecule has 8 nitrogen and oxygen atoms in total. The predicted molar refractivity (Wildman–Crippen MR) is 117 cm³/mol. The van der Waals surface area contributed by atoms with Crippen molar-refractivity contribution in [2.45, 2.75) is 6.04 Å². The van der Waals surface area contributed by atoms with Crippen LogP contribution in [-0.4, -0.2) is 56.5 Å². The number of carbonyl (C=O) groups excluding carboxylic acids is 1. The zero-order valence-corrected chi connectivity index (χ0v) is 18.2. The highest BCUT2D eigenvalue weighted by atomic mass is 35.5. The number of piperidine rings is 1. The molecule has 1 saturated carbocycles. The minimum absolute atomic E-state index is 0.0661. The molecule has 5 rings (SSSR count). The van der Waals surface area contributed by atoms with Crippen LogP contribution in [0, 0.1) is 17.7 Å². The molecule has 3 atom stereocenters. The lowest BCUT2D eigenvalue weighted by Crippen LogP contribution is -2.38. The van der Waals surface area contributed by atoms with E-state index < -0.39 is 5.82 Å². The number of rotatable bonds is 4. The number of halogens is 2. The molecule has 0 N–H and O–H groups in total. The Morgan fingerprint density at radius 2 is 1.97 bits per heavy atom. The molecular weight excluding hydrogens is 435 g/mol. The number of fused-ring (bicyclic) bond motifs is 1. The summed E-state index contributed by atoms with van der Waals surface area (Å²) in [4.78, 5) is 41.4. The Morgan fingerprint density at radius 3 is 2.66 bits per heavy atom. The number of pyridine rings is 2. The number of amides is 1. The first-order chi connectivity index (χ1) is 15.3. The highest BCUT2D eigenvalue weighted by Crippen LogP contribution is 2.49. The number of aromatic nitrogens is 4. The Kier molecular flexibility index (Phi) is 4.93. The monoisotopic (exact) mass is 454 g/mol. The molecule has 1 saturated heterocycles. The van der Waals surface area contributed by atoms with Gasteiger partial charge in [0.05, 0.1) is 11.9 Å².